The van der Waals surface area contributed by atoms with E-state index in [9.17, 15) is 27.2 Å². The van der Waals surface area contributed by atoms with Gasteiger partial charge in [0.05, 0.1) is 29.0 Å². The number of fused-ring (bicyclic) bond motifs is 1. The molecule has 0 aliphatic rings. The van der Waals surface area contributed by atoms with Gasteiger partial charge in [0.25, 0.3) is 11.5 Å². The first-order valence-corrected chi connectivity index (χ1v) is 9.79. The second kappa shape index (κ2) is 8.49. The highest BCUT2D eigenvalue weighted by Crippen LogP contribution is 2.35. The zero-order valence-electron chi connectivity index (χ0n) is 17.2. The van der Waals surface area contributed by atoms with Crippen molar-refractivity contribution in [2.24, 2.45) is 0 Å². The highest BCUT2D eigenvalue weighted by atomic mass is 19.4. The molecule has 0 atom stereocenters. The third-order valence-corrected chi connectivity index (χ3v) is 5.20. The van der Waals surface area contributed by atoms with Crippen LogP contribution in [0.4, 0.5) is 17.6 Å². The van der Waals surface area contributed by atoms with Crippen molar-refractivity contribution in [3.8, 4) is 11.1 Å². The minimum atomic E-state index is -4.60. The molecular weight excluding hydrogens is 442 g/mol. The van der Waals surface area contributed by atoms with Crippen LogP contribution >= 0.6 is 0 Å². The molecule has 0 bridgehead atoms. The number of hydrogen-bond acceptors (Lipinski definition) is 4. The Balaban J connectivity index is 1.61. The van der Waals surface area contributed by atoms with Crippen LogP contribution in [-0.2, 0) is 19.1 Å². The van der Waals surface area contributed by atoms with Gasteiger partial charge >= 0.3 is 6.18 Å². The second-order valence-electron chi connectivity index (χ2n) is 7.27. The number of aromatic nitrogens is 4. The van der Waals surface area contributed by atoms with Crippen molar-refractivity contribution < 1.29 is 22.4 Å². The number of nitrogens with zero attached hydrogens (tertiary/aromatic N) is 3. The first-order valence-electron chi connectivity index (χ1n) is 9.79. The molecule has 4 rings (SSSR count). The number of carbonyl (C=O) groups is 1. The Hall–Kier alpha value is -4.02. The van der Waals surface area contributed by atoms with Crippen LogP contribution in [0.2, 0.25) is 0 Å². The van der Waals surface area contributed by atoms with E-state index in [1.165, 1.54) is 54.3 Å². The summed E-state index contributed by atoms with van der Waals surface area (Å²) >= 11 is 0. The minimum Gasteiger partial charge on any atom is -0.355 e. The van der Waals surface area contributed by atoms with Gasteiger partial charge in [0, 0.05) is 19.2 Å². The van der Waals surface area contributed by atoms with E-state index in [2.05, 4.69) is 15.4 Å². The number of aryl methyl sites for hydroxylation is 2. The third kappa shape index (κ3) is 4.34. The fourth-order valence-corrected chi connectivity index (χ4v) is 3.49. The minimum absolute atomic E-state index is 0.0935. The zero-order chi connectivity index (χ0) is 23.8. The Labute approximate surface area is 184 Å². The molecule has 0 spiro atoms. The number of alkyl halides is 3. The van der Waals surface area contributed by atoms with Crippen LogP contribution in [0.5, 0.6) is 0 Å². The van der Waals surface area contributed by atoms with E-state index in [-0.39, 0.29) is 39.7 Å². The Morgan fingerprint density at radius 2 is 1.97 bits per heavy atom. The summed E-state index contributed by atoms with van der Waals surface area (Å²) in [4.78, 5) is 28.8. The maximum atomic E-state index is 13.8. The highest BCUT2D eigenvalue weighted by Gasteiger charge is 2.36. The van der Waals surface area contributed by atoms with E-state index in [1.54, 1.807) is 0 Å². The average molecular weight is 459 g/mol. The SMILES string of the molecule is CNC(=O)c1cc(CCn2cnc3cc(-c4cn[nH]c4C(F)(F)F)ccc3c2=O)ccc1F. The fourth-order valence-electron chi connectivity index (χ4n) is 3.49. The summed E-state index contributed by atoms with van der Waals surface area (Å²) in [5.41, 5.74) is -0.471. The molecule has 0 saturated heterocycles. The van der Waals surface area contributed by atoms with Crippen LogP contribution in [0.25, 0.3) is 22.0 Å². The molecule has 2 aromatic heterocycles. The van der Waals surface area contributed by atoms with Gasteiger partial charge in [0.15, 0.2) is 0 Å². The van der Waals surface area contributed by atoms with E-state index in [0.717, 1.165) is 6.20 Å². The number of carbonyl (C=O) groups excluding carboxylic acids is 1. The van der Waals surface area contributed by atoms with Gasteiger partial charge in [-0.25, -0.2) is 9.37 Å². The van der Waals surface area contributed by atoms with E-state index in [4.69, 9.17) is 0 Å². The van der Waals surface area contributed by atoms with Crippen molar-refractivity contribution in [3.05, 3.63) is 81.9 Å². The van der Waals surface area contributed by atoms with Gasteiger partial charge in [-0.05, 0) is 41.8 Å². The summed E-state index contributed by atoms with van der Waals surface area (Å²) in [6.07, 6.45) is -1.90. The number of H-pyrrole nitrogens is 1. The normalized spacial score (nSPS) is 11.7. The first kappa shape index (κ1) is 22.2. The summed E-state index contributed by atoms with van der Waals surface area (Å²) in [5, 5.41) is 8.04. The largest absolute Gasteiger partial charge is 0.433 e. The number of halogens is 4. The molecule has 0 unspecified atom stereocenters. The lowest BCUT2D eigenvalue weighted by Gasteiger charge is -2.10. The lowest BCUT2D eigenvalue weighted by Crippen LogP contribution is -2.22. The molecule has 2 aromatic carbocycles. The van der Waals surface area contributed by atoms with Crippen molar-refractivity contribution >= 4 is 16.8 Å². The molecule has 0 aliphatic heterocycles. The summed E-state index contributed by atoms with van der Waals surface area (Å²) in [6.45, 7) is 0.211. The van der Waals surface area contributed by atoms with Crippen LogP contribution in [0.15, 0.2) is 53.7 Å². The molecule has 0 aliphatic carbocycles. The average Bonchev–Trinajstić information content (AvgIpc) is 3.29. The zero-order valence-corrected chi connectivity index (χ0v) is 17.2. The van der Waals surface area contributed by atoms with Crippen molar-refractivity contribution in [3.63, 3.8) is 0 Å². The third-order valence-electron chi connectivity index (χ3n) is 5.20. The van der Waals surface area contributed by atoms with Gasteiger partial charge in [0.2, 0.25) is 0 Å². The Morgan fingerprint density at radius 3 is 2.70 bits per heavy atom. The number of benzene rings is 2. The van der Waals surface area contributed by atoms with Crippen molar-refractivity contribution in [2.75, 3.05) is 7.05 Å². The van der Waals surface area contributed by atoms with E-state index >= 15 is 0 Å². The monoisotopic (exact) mass is 459 g/mol. The lowest BCUT2D eigenvalue weighted by atomic mass is 10.0. The number of amides is 1. The van der Waals surface area contributed by atoms with Gasteiger partial charge < -0.3 is 5.32 Å². The Bertz CT molecular complexity index is 1410. The molecule has 4 aromatic rings. The predicted octanol–water partition coefficient (Wildman–Crippen LogP) is 3.55. The standard InChI is InChI=1S/C22H17F4N5O2/c1-27-20(32)15-8-12(2-5-17(15)23)6-7-31-11-28-18-9-13(3-4-14(18)21(31)33)16-10-29-30-19(16)22(24,25)26/h2-5,8-11H,6-7H2,1H3,(H,27,32)(H,29,30). The Morgan fingerprint density at radius 1 is 1.18 bits per heavy atom. The molecule has 11 heteroatoms. The molecule has 0 fully saturated rings. The summed E-state index contributed by atoms with van der Waals surface area (Å²) < 4.78 is 54.6. The lowest BCUT2D eigenvalue weighted by molar-refractivity contribution is -0.140. The predicted molar refractivity (Wildman–Crippen MR) is 112 cm³/mol. The van der Waals surface area contributed by atoms with E-state index < -0.39 is 23.6 Å². The van der Waals surface area contributed by atoms with Gasteiger partial charge in [0.1, 0.15) is 11.5 Å². The number of nitrogens with one attached hydrogen (secondary N) is 2. The molecule has 1 amide bonds. The van der Waals surface area contributed by atoms with Crippen LogP contribution in [0.1, 0.15) is 21.6 Å². The summed E-state index contributed by atoms with van der Waals surface area (Å²) in [5.74, 6) is -1.20. The molecule has 0 radical (unpaired) electrons. The molecule has 2 heterocycles. The molecule has 7 nitrogen and oxygen atoms in total. The second-order valence-corrected chi connectivity index (χ2v) is 7.27. The van der Waals surface area contributed by atoms with Crippen molar-refractivity contribution in [2.45, 2.75) is 19.1 Å². The first-order chi connectivity index (χ1) is 15.7. The van der Waals surface area contributed by atoms with Gasteiger partial charge in [-0.3, -0.25) is 19.3 Å². The molecule has 0 saturated carbocycles. The van der Waals surface area contributed by atoms with Crippen LogP contribution in [0.3, 0.4) is 0 Å². The molecule has 33 heavy (non-hydrogen) atoms. The van der Waals surface area contributed by atoms with E-state index in [0.29, 0.717) is 12.0 Å². The maximum absolute atomic E-state index is 13.8. The smallest absolute Gasteiger partial charge is 0.355 e. The van der Waals surface area contributed by atoms with E-state index in [1.807, 2.05) is 5.10 Å². The maximum Gasteiger partial charge on any atom is 0.433 e. The molecule has 170 valence electrons. The number of hydrogen-bond donors (Lipinski definition) is 2. The molecule has 2 N–H and O–H groups in total. The van der Waals surface area contributed by atoms with Gasteiger partial charge in [-0.2, -0.15) is 18.3 Å². The van der Waals surface area contributed by atoms with Crippen LogP contribution in [0, 0.1) is 5.82 Å². The highest BCUT2D eigenvalue weighted by molar-refractivity contribution is 5.94. The summed E-state index contributed by atoms with van der Waals surface area (Å²) in [7, 11) is 1.40. The van der Waals surface area contributed by atoms with Gasteiger partial charge in [-0.1, -0.05) is 12.1 Å². The van der Waals surface area contributed by atoms with Crippen LogP contribution in [-0.4, -0.2) is 32.7 Å². The topological polar surface area (TPSA) is 92.7 Å². The number of aromatic amines is 1. The van der Waals surface area contributed by atoms with Crippen LogP contribution < -0.4 is 10.9 Å². The fraction of sp³-hybridized carbons (Fsp3) is 0.182. The van der Waals surface area contributed by atoms with Crippen molar-refractivity contribution in [1.29, 1.82) is 0 Å². The van der Waals surface area contributed by atoms with Crippen molar-refractivity contribution in [1.82, 2.24) is 25.1 Å². The molecular formula is C22H17F4N5O2. The summed E-state index contributed by atoms with van der Waals surface area (Å²) in [6, 6.07) is 8.36. The number of rotatable bonds is 5. The van der Waals surface area contributed by atoms with Gasteiger partial charge in [-0.15, -0.1) is 0 Å². The Kier molecular flexibility index (Phi) is 5.71. The quantitative estimate of drug-likeness (QED) is 0.447.